The average molecular weight is 202 g/mol. The quantitative estimate of drug-likeness (QED) is 0.570. The van der Waals surface area contributed by atoms with Gasteiger partial charge in [-0.2, -0.15) is 0 Å². The highest BCUT2D eigenvalue weighted by atomic mass is 35.5. The van der Waals surface area contributed by atoms with Gasteiger partial charge in [0.05, 0.1) is 0 Å². The molecule has 0 saturated heterocycles. The zero-order valence-corrected chi connectivity index (χ0v) is 8.56. The van der Waals surface area contributed by atoms with E-state index in [1.807, 2.05) is 20.8 Å². The summed E-state index contributed by atoms with van der Waals surface area (Å²) in [6, 6.07) is 0. The molecule has 60 valence electrons. The lowest BCUT2D eigenvalue weighted by molar-refractivity contribution is 0.551. The van der Waals surface area contributed by atoms with Gasteiger partial charge >= 0.3 is 0 Å². The highest BCUT2D eigenvalue weighted by Crippen LogP contribution is 2.70. The summed E-state index contributed by atoms with van der Waals surface area (Å²) in [5.74, 6) is 0.227. The first-order chi connectivity index (χ1) is 4.32. The number of hydrogen-bond acceptors (Lipinski definition) is 0. The Hall–Kier alpha value is 0.870. The summed E-state index contributed by atoms with van der Waals surface area (Å²) in [4.78, 5) is 0. The Labute approximate surface area is 76.8 Å². The topological polar surface area (TPSA) is 0 Å². The van der Waals surface area contributed by atoms with Gasteiger partial charge in [0.1, 0.15) is 4.33 Å². The van der Waals surface area contributed by atoms with Crippen molar-refractivity contribution in [3.63, 3.8) is 0 Å². The number of rotatable bonds is 1. The highest BCUT2D eigenvalue weighted by molar-refractivity contribution is 6.52. The van der Waals surface area contributed by atoms with Crippen molar-refractivity contribution < 1.29 is 0 Å². The molecule has 0 aromatic rings. The smallest absolute Gasteiger partial charge is 0.123 e. The van der Waals surface area contributed by atoms with Crippen molar-refractivity contribution in [3.8, 4) is 0 Å². The van der Waals surface area contributed by atoms with Crippen molar-refractivity contribution in [2.75, 3.05) is 0 Å². The van der Waals surface area contributed by atoms with Crippen LogP contribution < -0.4 is 0 Å². The third kappa shape index (κ3) is 0.964. The molecular weight excluding hydrogens is 190 g/mol. The van der Waals surface area contributed by atoms with Gasteiger partial charge in [-0.25, -0.2) is 0 Å². The molecule has 1 aliphatic rings. The van der Waals surface area contributed by atoms with Crippen molar-refractivity contribution >= 4 is 34.8 Å². The molecule has 0 aliphatic heterocycles. The maximum atomic E-state index is 5.97. The molecule has 0 amide bonds. The van der Waals surface area contributed by atoms with Crippen LogP contribution in [-0.4, -0.2) is 9.71 Å². The molecule has 3 heteroatoms. The van der Waals surface area contributed by atoms with E-state index in [1.165, 1.54) is 0 Å². The molecule has 0 spiro atoms. The van der Waals surface area contributed by atoms with Crippen LogP contribution in [0.5, 0.6) is 0 Å². The molecule has 0 aromatic heterocycles. The van der Waals surface area contributed by atoms with Gasteiger partial charge in [0.2, 0.25) is 0 Å². The molecule has 1 rings (SSSR count). The Morgan fingerprint density at radius 2 is 1.60 bits per heavy atom. The summed E-state index contributed by atoms with van der Waals surface area (Å²) in [6.45, 7) is 6.01. The predicted octanol–water partition coefficient (Wildman–Crippen LogP) is 3.44. The van der Waals surface area contributed by atoms with Crippen molar-refractivity contribution in [2.45, 2.75) is 30.5 Å². The second-order valence-electron chi connectivity index (χ2n) is 3.50. The first-order valence-electron chi connectivity index (χ1n) is 3.33. The molecule has 2 atom stereocenters. The van der Waals surface area contributed by atoms with Gasteiger partial charge < -0.3 is 0 Å². The fourth-order valence-electron chi connectivity index (χ4n) is 1.56. The molecule has 1 saturated carbocycles. The van der Waals surface area contributed by atoms with Gasteiger partial charge in [-0.05, 0) is 6.92 Å². The normalized spacial score (nSPS) is 37.2. The van der Waals surface area contributed by atoms with E-state index in [2.05, 4.69) is 0 Å². The first-order valence-corrected chi connectivity index (χ1v) is 4.53. The van der Waals surface area contributed by atoms with Crippen LogP contribution in [0.2, 0.25) is 0 Å². The molecule has 10 heavy (non-hydrogen) atoms. The molecule has 0 N–H and O–H groups in total. The molecule has 0 radical (unpaired) electrons. The van der Waals surface area contributed by atoms with E-state index in [1.54, 1.807) is 0 Å². The highest BCUT2D eigenvalue weighted by Gasteiger charge is 2.71. The zero-order chi connectivity index (χ0) is 8.15. The summed E-state index contributed by atoms with van der Waals surface area (Å²) in [6.07, 6.45) is 0. The van der Waals surface area contributed by atoms with Crippen LogP contribution >= 0.6 is 34.8 Å². The lowest BCUT2D eigenvalue weighted by atomic mass is 10.1. The molecule has 0 bridgehead atoms. The maximum Gasteiger partial charge on any atom is 0.128 e. The fraction of sp³-hybridized carbons (Fsp3) is 1.00. The SMILES string of the molecule is CC(Cl)[C@@H]1C(C)(C)C1(Cl)Cl. The Morgan fingerprint density at radius 1 is 1.30 bits per heavy atom. The van der Waals surface area contributed by atoms with Gasteiger partial charge in [-0.3, -0.25) is 0 Å². The molecule has 1 aliphatic carbocycles. The second kappa shape index (κ2) is 2.18. The van der Waals surface area contributed by atoms with Crippen LogP contribution in [0.1, 0.15) is 20.8 Å². The van der Waals surface area contributed by atoms with Crippen molar-refractivity contribution in [2.24, 2.45) is 11.3 Å². The van der Waals surface area contributed by atoms with Gasteiger partial charge in [0.25, 0.3) is 0 Å². The zero-order valence-electron chi connectivity index (χ0n) is 6.29. The standard InChI is InChI=1S/C7H11Cl3/c1-4(8)5-6(2,3)7(5,9)10/h4-5H,1-3H3/t4?,5-/m1/s1. The van der Waals surface area contributed by atoms with Crippen LogP contribution in [0.15, 0.2) is 0 Å². The number of alkyl halides is 3. The number of halogens is 3. The summed E-state index contributed by atoms with van der Waals surface area (Å²) >= 11 is 17.8. The monoisotopic (exact) mass is 200 g/mol. The summed E-state index contributed by atoms with van der Waals surface area (Å²) in [5, 5.41) is 0.0602. The van der Waals surface area contributed by atoms with Gasteiger partial charge in [-0.1, -0.05) is 13.8 Å². The Balaban J connectivity index is 2.72. The predicted molar refractivity (Wildman–Crippen MR) is 47.0 cm³/mol. The minimum absolute atomic E-state index is 0.0166. The lowest BCUT2D eigenvalue weighted by Crippen LogP contribution is -2.00. The Kier molecular flexibility index (Phi) is 1.95. The van der Waals surface area contributed by atoms with E-state index < -0.39 is 4.33 Å². The Morgan fingerprint density at radius 3 is 1.60 bits per heavy atom. The molecule has 0 heterocycles. The first kappa shape index (κ1) is 8.96. The van der Waals surface area contributed by atoms with Crippen molar-refractivity contribution in [1.29, 1.82) is 0 Å². The van der Waals surface area contributed by atoms with Crippen LogP contribution in [-0.2, 0) is 0 Å². The Bertz CT molecular complexity index is 135. The van der Waals surface area contributed by atoms with E-state index >= 15 is 0 Å². The third-order valence-corrected chi connectivity index (χ3v) is 4.10. The van der Waals surface area contributed by atoms with Crippen LogP contribution in [0.3, 0.4) is 0 Å². The van der Waals surface area contributed by atoms with Gasteiger partial charge in [0, 0.05) is 16.7 Å². The maximum absolute atomic E-state index is 5.97. The minimum Gasteiger partial charge on any atom is -0.123 e. The molecule has 0 nitrogen and oxygen atoms in total. The number of hydrogen-bond donors (Lipinski definition) is 0. The van der Waals surface area contributed by atoms with E-state index in [-0.39, 0.29) is 16.7 Å². The lowest BCUT2D eigenvalue weighted by Gasteiger charge is -2.00. The second-order valence-corrected chi connectivity index (χ2v) is 5.57. The fourth-order valence-corrected chi connectivity index (χ4v) is 3.24. The largest absolute Gasteiger partial charge is 0.128 e. The van der Waals surface area contributed by atoms with E-state index in [4.69, 9.17) is 34.8 Å². The van der Waals surface area contributed by atoms with Crippen molar-refractivity contribution in [3.05, 3.63) is 0 Å². The van der Waals surface area contributed by atoms with Gasteiger partial charge in [0.15, 0.2) is 0 Å². The molecule has 1 fully saturated rings. The van der Waals surface area contributed by atoms with E-state index in [9.17, 15) is 0 Å². The summed E-state index contributed by atoms with van der Waals surface area (Å²) < 4.78 is -0.603. The van der Waals surface area contributed by atoms with E-state index in [0.29, 0.717) is 0 Å². The average Bonchev–Trinajstić information content (AvgIpc) is 1.97. The molecule has 1 unspecified atom stereocenters. The van der Waals surface area contributed by atoms with Crippen LogP contribution in [0.4, 0.5) is 0 Å². The third-order valence-electron chi connectivity index (χ3n) is 2.40. The molecular formula is C7H11Cl3. The minimum atomic E-state index is -0.603. The van der Waals surface area contributed by atoms with Crippen LogP contribution in [0, 0.1) is 11.3 Å². The van der Waals surface area contributed by atoms with Gasteiger partial charge in [-0.15, -0.1) is 34.8 Å². The van der Waals surface area contributed by atoms with Crippen molar-refractivity contribution in [1.82, 2.24) is 0 Å². The van der Waals surface area contributed by atoms with Crippen LogP contribution in [0.25, 0.3) is 0 Å². The summed E-state index contributed by atoms with van der Waals surface area (Å²) in [5.41, 5.74) is -0.0166. The summed E-state index contributed by atoms with van der Waals surface area (Å²) in [7, 11) is 0. The molecule has 0 aromatic carbocycles. The van der Waals surface area contributed by atoms with E-state index in [0.717, 1.165) is 0 Å².